The summed E-state index contributed by atoms with van der Waals surface area (Å²) in [6, 6.07) is 0. The summed E-state index contributed by atoms with van der Waals surface area (Å²) in [7, 11) is 1.83. The number of aliphatic hydroxyl groups is 2. The van der Waals surface area contributed by atoms with Crippen molar-refractivity contribution in [1.82, 2.24) is 4.90 Å². The smallest absolute Gasteiger partial charge is 0.402 e. The zero-order chi connectivity index (χ0) is 14.3. The molecule has 0 rings (SSSR count). The molecule has 1 atom stereocenters. The van der Waals surface area contributed by atoms with E-state index in [2.05, 4.69) is 4.90 Å². The van der Waals surface area contributed by atoms with Crippen molar-refractivity contribution in [1.29, 1.82) is 0 Å². The predicted molar refractivity (Wildman–Crippen MR) is 67.1 cm³/mol. The highest BCUT2D eigenvalue weighted by Crippen LogP contribution is 2.25. The Morgan fingerprint density at radius 1 is 1.00 bits per heavy atom. The first kappa shape index (κ1) is 19.2. The lowest BCUT2D eigenvalue weighted by Gasteiger charge is -2.35. The van der Waals surface area contributed by atoms with Gasteiger partial charge in [0.05, 0.1) is 11.2 Å². The molecule has 6 nitrogen and oxygen atoms in total. The van der Waals surface area contributed by atoms with Crippen molar-refractivity contribution in [3.63, 3.8) is 0 Å². The van der Waals surface area contributed by atoms with Crippen LogP contribution in [0.15, 0.2) is 0 Å². The molecule has 0 spiro atoms. The van der Waals surface area contributed by atoms with Crippen LogP contribution in [0.5, 0.6) is 0 Å². The van der Waals surface area contributed by atoms with Gasteiger partial charge in [-0.15, -0.1) is 0 Å². The Kier molecular flexibility index (Phi) is 9.04. The zero-order valence-electron chi connectivity index (χ0n) is 11.4. The van der Waals surface area contributed by atoms with E-state index in [0.717, 1.165) is 13.0 Å². The Morgan fingerprint density at radius 3 is 1.59 bits per heavy atom. The predicted octanol–water partition coefficient (Wildman–Crippen LogP) is -1.20. The molecule has 0 aromatic heterocycles. The normalized spacial score (nSPS) is 15.0. The van der Waals surface area contributed by atoms with Crippen molar-refractivity contribution in [2.24, 2.45) is 0 Å². The van der Waals surface area contributed by atoms with Gasteiger partial charge in [0.25, 0.3) is 0 Å². The van der Waals surface area contributed by atoms with Gasteiger partial charge in [-0.1, -0.05) is 0 Å². The third-order valence-electron chi connectivity index (χ3n) is 2.59. The minimum atomic E-state index is -2.17. The Morgan fingerprint density at radius 2 is 1.35 bits per heavy atom. The standard InChI is InChI=1S/C10H23NO2.BH3O3/c1-9(2,12)10(3,13)7-6-8-11(4)5;2-1(3)4/h12-13H,6-8H2,1-5H3;2-4H. The van der Waals surface area contributed by atoms with Gasteiger partial charge in [0.2, 0.25) is 0 Å². The first-order valence-electron chi connectivity index (χ1n) is 5.54. The molecule has 0 aromatic rings. The van der Waals surface area contributed by atoms with E-state index in [0.29, 0.717) is 6.42 Å². The second kappa shape index (κ2) is 8.02. The number of rotatable bonds is 5. The van der Waals surface area contributed by atoms with Gasteiger partial charge in [0.15, 0.2) is 0 Å². The Bertz CT molecular complexity index is 189. The molecule has 0 aromatic carbocycles. The lowest BCUT2D eigenvalue weighted by molar-refractivity contribution is -0.124. The molecule has 0 heterocycles. The highest BCUT2D eigenvalue weighted by molar-refractivity contribution is 6.30. The maximum absolute atomic E-state index is 9.90. The van der Waals surface area contributed by atoms with Crippen LogP contribution in [0.2, 0.25) is 0 Å². The molecule has 0 aliphatic carbocycles. The molecule has 104 valence electrons. The molecule has 7 heteroatoms. The first-order chi connectivity index (χ1) is 7.40. The summed E-state index contributed by atoms with van der Waals surface area (Å²) in [4.78, 5) is 2.07. The largest absolute Gasteiger partial charge is 0.631 e. The topological polar surface area (TPSA) is 104 Å². The fourth-order valence-electron chi connectivity index (χ4n) is 1.05. The molecule has 0 saturated heterocycles. The van der Waals surface area contributed by atoms with Gasteiger partial charge in [0, 0.05) is 0 Å². The summed E-state index contributed by atoms with van der Waals surface area (Å²) in [6.07, 6.45) is 1.51. The molecule has 0 aliphatic heterocycles. The average Bonchev–Trinajstić information content (AvgIpc) is 1.98. The lowest BCUT2D eigenvalue weighted by atomic mass is 9.84. The quantitative estimate of drug-likeness (QED) is 0.393. The summed E-state index contributed by atoms with van der Waals surface area (Å²) in [5.74, 6) is 0. The van der Waals surface area contributed by atoms with E-state index in [-0.39, 0.29) is 0 Å². The van der Waals surface area contributed by atoms with Gasteiger partial charge < -0.3 is 30.2 Å². The molecule has 1 unspecified atom stereocenters. The molecular weight excluding hydrogens is 225 g/mol. The van der Waals surface area contributed by atoms with Crippen LogP contribution in [0, 0.1) is 0 Å². The van der Waals surface area contributed by atoms with E-state index in [1.165, 1.54) is 0 Å². The zero-order valence-corrected chi connectivity index (χ0v) is 11.4. The summed E-state index contributed by atoms with van der Waals surface area (Å²) in [6.45, 7) is 5.90. The van der Waals surface area contributed by atoms with Crippen LogP contribution in [0.3, 0.4) is 0 Å². The van der Waals surface area contributed by atoms with Crippen molar-refractivity contribution in [3.8, 4) is 0 Å². The van der Waals surface area contributed by atoms with E-state index >= 15 is 0 Å². The summed E-state index contributed by atoms with van der Waals surface area (Å²) >= 11 is 0. The van der Waals surface area contributed by atoms with Gasteiger partial charge in [0.1, 0.15) is 0 Å². The molecule has 0 fully saturated rings. The molecule has 5 N–H and O–H groups in total. The summed E-state index contributed by atoms with van der Waals surface area (Å²) < 4.78 is 0. The van der Waals surface area contributed by atoms with E-state index in [1.54, 1.807) is 20.8 Å². The van der Waals surface area contributed by atoms with Crippen LogP contribution in [0.1, 0.15) is 33.6 Å². The second-order valence-electron chi connectivity index (χ2n) is 5.09. The van der Waals surface area contributed by atoms with Crippen molar-refractivity contribution < 1.29 is 25.3 Å². The van der Waals surface area contributed by atoms with Gasteiger partial charge in [-0.05, 0) is 54.3 Å². The van der Waals surface area contributed by atoms with Crippen LogP contribution in [0.25, 0.3) is 0 Å². The van der Waals surface area contributed by atoms with Crippen molar-refractivity contribution in [3.05, 3.63) is 0 Å². The van der Waals surface area contributed by atoms with Crippen molar-refractivity contribution in [2.75, 3.05) is 20.6 Å². The SMILES string of the molecule is CN(C)CCCC(C)(O)C(C)(C)O.OB(O)O. The molecule has 0 bridgehead atoms. The molecule has 0 aliphatic rings. The van der Waals surface area contributed by atoms with Crippen molar-refractivity contribution in [2.45, 2.75) is 44.8 Å². The van der Waals surface area contributed by atoms with Crippen LogP contribution >= 0.6 is 0 Å². The molecule has 0 radical (unpaired) electrons. The van der Waals surface area contributed by atoms with Crippen molar-refractivity contribution >= 4 is 7.32 Å². The third kappa shape index (κ3) is 12.1. The number of hydrogen-bond acceptors (Lipinski definition) is 6. The minimum Gasteiger partial charge on any atom is -0.402 e. The first-order valence-corrected chi connectivity index (χ1v) is 5.54. The highest BCUT2D eigenvalue weighted by Gasteiger charge is 2.36. The molecule has 0 saturated carbocycles. The van der Waals surface area contributed by atoms with Gasteiger partial charge >= 0.3 is 7.32 Å². The molecular formula is C10H26BNO5. The van der Waals surface area contributed by atoms with Crippen LogP contribution < -0.4 is 0 Å². The maximum Gasteiger partial charge on any atom is 0.631 e. The minimum absolute atomic E-state index is 0.620. The van der Waals surface area contributed by atoms with Gasteiger partial charge in [-0.2, -0.15) is 0 Å². The van der Waals surface area contributed by atoms with Crippen LogP contribution in [-0.2, 0) is 0 Å². The van der Waals surface area contributed by atoms with Gasteiger partial charge in [-0.25, -0.2) is 0 Å². The van der Waals surface area contributed by atoms with E-state index < -0.39 is 18.5 Å². The monoisotopic (exact) mass is 251 g/mol. The van der Waals surface area contributed by atoms with Crippen LogP contribution in [0.4, 0.5) is 0 Å². The molecule has 0 amide bonds. The van der Waals surface area contributed by atoms with E-state index in [4.69, 9.17) is 15.1 Å². The highest BCUT2D eigenvalue weighted by atomic mass is 16.5. The maximum atomic E-state index is 9.90. The lowest BCUT2D eigenvalue weighted by Crippen LogP contribution is -2.47. The summed E-state index contributed by atoms with van der Waals surface area (Å²) in [5.41, 5.74) is -2.03. The fourth-order valence-corrected chi connectivity index (χ4v) is 1.05. The van der Waals surface area contributed by atoms with Crippen LogP contribution in [-0.4, -0.2) is 69.3 Å². The Hall–Kier alpha value is -0.175. The third-order valence-corrected chi connectivity index (χ3v) is 2.59. The Labute approximate surface area is 104 Å². The van der Waals surface area contributed by atoms with E-state index in [1.807, 2.05) is 14.1 Å². The second-order valence-corrected chi connectivity index (χ2v) is 5.09. The Balaban J connectivity index is 0. The number of nitrogens with zero attached hydrogens (tertiary/aromatic N) is 1. The number of hydrogen-bond donors (Lipinski definition) is 5. The summed E-state index contributed by atoms with van der Waals surface area (Å²) in [5, 5.41) is 41.0. The van der Waals surface area contributed by atoms with E-state index in [9.17, 15) is 10.2 Å². The average molecular weight is 251 g/mol. The molecule has 17 heavy (non-hydrogen) atoms. The fraction of sp³-hybridized carbons (Fsp3) is 1.00. The van der Waals surface area contributed by atoms with Gasteiger partial charge in [-0.3, -0.25) is 0 Å².